The summed E-state index contributed by atoms with van der Waals surface area (Å²) in [5.41, 5.74) is 4.61. The highest BCUT2D eigenvalue weighted by Gasteiger charge is 2.45. The van der Waals surface area contributed by atoms with E-state index in [-0.39, 0.29) is 38.5 Å². The standard InChI is InChI=1S/C27H29Cl2N3O3S2/c1-18-8-9-19(2)24(14-18)30-10-12-31(13-11-30)27(33)22-17-32(16-21(22)20-6-4-3-5-7-20)37(34,35)25-15-23(28)26(29)36-25/h3-9,14-15,21-22H,10-13,16-17H2,1-2H3. The van der Waals surface area contributed by atoms with Gasteiger partial charge in [-0.1, -0.05) is 65.7 Å². The van der Waals surface area contributed by atoms with Crippen LogP contribution in [0.2, 0.25) is 9.36 Å². The van der Waals surface area contributed by atoms with E-state index in [9.17, 15) is 13.2 Å². The van der Waals surface area contributed by atoms with Crippen LogP contribution in [0, 0.1) is 19.8 Å². The van der Waals surface area contributed by atoms with E-state index in [1.54, 1.807) is 0 Å². The van der Waals surface area contributed by atoms with Crippen LogP contribution in [0.15, 0.2) is 58.8 Å². The molecule has 0 spiro atoms. The van der Waals surface area contributed by atoms with Crippen LogP contribution in [0.1, 0.15) is 22.6 Å². The summed E-state index contributed by atoms with van der Waals surface area (Å²) in [6.07, 6.45) is 0. The van der Waals surface area contributed by atoms with Crippen LogP contribution < -0.4 is 4.90 Å². The Labute approximate surface area is 232 Å². The first-order valence-electron chi connectivity index (χ1n) is 12.3. The Bertz CT molecular complexity index is 1380. The molecule has 37 heavy (non-hydrogen) atoms. The molecule has 0 bridgehead atoms. The molecule has 0 saturated carbocycles. The maximum absolute atomic E-state index is 13.9. The summed E-state index contributed by atoms with van der Waals surface area (Å²) in [5.74, 6) is -0.684. The zero-order chi connectivity index (χ0) is 26.3. The normalized spacial score (nSPS) is 21.0. The number of benzene rings is 2. The average molecular weight is 579 g/mol. The fourth-order valence-electron chi connectivity index (χ4n) is 5.30. The van der Waals surface area contributed by atoms with Crippen molar-refractivity contribution in [3.8, 4) is 0 Å². The van der Waals surface area contributed by atoms with Crippen molar-refractivity contribution in [2.45, 2.75) is 24.0 Å². The second-order valence-corrected chi connectivity index (χ2v) is 14.0. The van der Waals surface area contributed by atoms with Crippen molar-refractivity contribution in [2.24, 2.45) is 5.92 Å². The lowest BCUT2D eigenvalue weighted by Gasteiger charge is -2.38. The van der Waals surface area contributed by atoms with Gasteiger partial charge in [0.25, 0.3) is 10.0 Å². The number of nitrogens with zero attached hydrogens (tertiary/aromatic N) is 3. The number of amides is 1. The molecule has 3 aromatic rings. The molecule has 1 aromatic heterocycles. The van der Waals surface area contributed by atoms with Crippen LogP contribution in [-0.2, 0) is 14.8 Å². The lowest BCUT2D eigenvalue weighted by atomic mass is 9.88. The third kappa shape index (κ3) is 5.27. The summed E-state index contributed by atoms with van der Waals surface area (Å²) in [7, 11) is -3.83. The molecule has 2 aromatic carbocycles. The topological polar surface area (TPSA) is 60.9 Å². The fraction of sp³-hybridized carbons (Fsp3) is 0.370. The van der Waals surface area contributed by atoms with Gasteiger partial charge in [-0.25, -0.2) is 8.42 Å². The third-order valence-corrected chi connectivity index (χ3v) is 11.5. The van der Waals surface area contributed by atoms with Crippen molar-refractivity contribution in [3.05, 3.63) is 80.6 Å². The number of rotatable bonds is 5. The average Bonchev–Trinajstić information content (AvgIpc) is 3.50. The van der Waals surface area contributed by atoms with Crippen molar-refractivity contribution in [1.82, 2.24) is 9.21 Å². The molecule has 0 aliphatic carbocycles. The smallest absolute Gasteiger partial charge is 0.252 e. The minimum Gasteiger partial charge on any atom is -0.368 e. The zero-order valence-corrected chi connectivity index (χ0v) is 23.9. The molecule has 2 fully saturated rings. The largest absolute Gasteiger partial charge is 0.368 e. The second-order valence-electron chi connectivity index (χ2n) is 9.74. The SMILES string of the molecule is Cc1ccc(C)c(N2CCN(C(=O)C3CN(S(=O)(=O)c4cc(Cl)c(Cl)s4)CC3c3ccccc3)CC2)c1. The minimum atomic E-state index is -3.83. The van der Waals surface area contributed by atoms with Crippen molar-refractivity contribution in [3.63, 3.8) is 0 Å². The number of hydrogen-bond donors (Lipinski definition) is 0. The van der Waals surface area contributed by atoms with Crippen molar-refractivity contribution in [2.75, 3.05) is 44.2 Å². The van der Waals surface area contributed by atoms with E-state index in [1.165, 1.54) is 27.2 Å². The Morgan fingerprint density at radius 2 is 1.65 bits per heavy atom. The van der Waals surface area contributed by atoms with Gasteiger partial charge >= 0.3 is 0 Å². The second kappa shape index (κ2) is 10.6. The van der Waals surface area contributed by atoms with Crippen LogP contribution in [0.4, 0.5) is 5.69 Å². The quantitative estimate of drug-likeness (QED) is 0.406. The number of thiophene rings is 1. The number of carbonyl (C=O) groups is 1. The minimum absolute atomic E-state index is 0.00871. The van der Waals surface area contributed by atoms with Crippen molar-refractivity contribution in [1.29, 1.82) is 0 Å². The van der Waals surface area contributed by atoms with Gasteiger partial charge in [-0.15, -0.1) is 11.3 Å². The molecule has 1 amide bonds. The fourth-order valence-corrected chi connectivity index (χ4v) is 8.82. The number of sulfonamides is 1. The van der Waals surface area contributed by atoms with Crippen molar-refractivity contribution < 1.29 is 13.2 Å². The number of halogens is 2. The van der Waals surface area contributed by atoms with Crippen LogP contribution in [-0.4, -0.2) is 62.8 Å². The van der Waals surface area contributed by atoms with Gasteiger partial charge in [-0.3, -0.25) is 4.79 Å². The van der Waals surface area contributed by atoms with Gasteiger partial charge in [0.15, 0.2) is 0 Å². The highest BCUT2D eigenvalue weighted by Crippen LogP contribution is 2.41. The Balaban J connectivity index is 1.36. The molecule has 2 unspecified atom stereocenters. The highest BCUT2D eigenvalue weighted by molar-refractivity contribution is 7.91. The maximum Gasteiger partial charge on any atom is 0.252 e. The van der Waals surface area contributed by atoms with Gasteiger partial charge in [-0.2, -0.15) is 4.31 Å². The predicted octanol–water partition coefficient (Wildman–Crippen LogP) is 5.42. The van der Waals surface area contributed by atoms with Crippen LogP contribution in [0.25, 0.3) is 0 Å². The number of hydrogen-bond acceptors (Lipinski definition) is 5. The summed E-state index contributed by atoms with van der Waals surface area (Å²) in [5, 5.41) is 0.221. The number of piperazine rings is 1. The van der Waals surface area contributed by atoms with Crippen LogP contribution in [0.5, 0.6) is 0 Å². The van der Waals surface area contributed by atoms with E-state index in [2.05, 4.69) is 36.9 Å². The van der Waals surface area contributed by atoms with Crippen molar-refractivity contribution >= 4 is 56.2 Å². The van der Waals surface area contributed by atoms with Gasteiger partial charge in [0.05, 0.1) is 10.9 Å². The van der Waals surface area contributed by atoms with Gasteiger partial charge in [0.1, 0.15) is 8.55 Å². The number of aryl methyl sites for hydroxylation is 2. The first kappa shape index (κ1) is 26.5. The lowest BCUT2D eigenvalue weighted by Crippen LogP contribution is -2.51. The molecular weight excluding hydrogens is 549 g/mol. The molecule has 3 heterocycles. The Hall–Kier alpha value is -2.10. The molecule has 6 nitrogen and oxygen atoms in total. The summed E-state index contributed by atoms with van der Waals surface area (Å²) in [6, 6.07) is 17.5. The molecule has 2 saturated heterocycles. The Morgan fingerprint density at radius 1 is 0.946 bits per heavy atom. The Kier molecular flexibility index (Phi) is 7.58. The monoisotopic (exact) mass is 577 g/mol. The van der Waals surface area contributed by atoms with Gasteiger partial charge in [0, 0.05) is 50.9 Å². The molecule has 0 radical (unpaired) electrons. The molecule has 2 aliphatic rings. The number of anilines is 1. The molecular formula is C27H29Cl2N3O3S2. The summed E-state index contributed by atoms with van der Waals surface area (Å²) in [4.78, 5) is 18.1. The Morgan fingerprint density at radius 3 is 2.30 bits per heavy atom. The van der Waals surface area contributed by atoms with E-state index >= 15 is 0 Å². The van der Waals surface area contributed by atoms with E-state index in [1.807, 2.05) is 35.2 Å². The molecule has 10 heteroatoms. The number of carbonyl (C=O) groups excluding carboxylic acids is 1. The van der Waals surface area contributed by atoms with Gasteiger partial charge in [0.2, 0.25) is 5.91 Å². The summed E-state index contributed by atoms with van der Waals surface area (Å²) in [6.45, 7) is 7.26. The third-order valence-electron chi connectivity index (χ3n) is 7.34. The van der Waals surface area contributed by atoms with E-state index in [0.29, 0.717) is 13.1 Å². The predicted molar refractivity (Wildman–Crippen MR) is 150 cm³/mol. The molecule has 5 rings (SSSR count). The van der Waals surface area contributed by atoms with Crippen LogP contribution >= 0.6 is 34.5 Å². The maximum atomic E-state index is 13.9. The van der Waals surface area contributed by atoms with E-state index < -0.39 is 15.9 Å². The van der Waals surface area contributed by atoms with Gasteiger partial charge < -0.3 is 9.80 Å². The van der Waals surface area contributed by atoms with E-state index in [4.69, 9.17) is 23.2 Å². The summed E-state index contributed by atoms with van der Waals surface area (Å²) >= 11 is 13.1. The molecule has 0 N–H and O–H groups in total. The molecule has 196 valence electrons. The zero-order valence-electron chi connectivity index (χ0n) is 20.7. The molecule has 2 atom stereocenters. The first-order valence-corrected chi connectivity index (χ1v) is 15.3. The highest BCUT2D eigenvalue weighted by atomic mass is 35.5. The van der Waals surface area contributed by atoms with E-state index in [0.717, 1.165) is 30.0 Å². The first-order chi connectivity index (χ1) is 17.6. The van der Waals surface area contributed by atoms with Gasteiger partial charge in [-0.05, 0) is 42.7 Å². The molecule has 2 aliphatic heterocycles. The van der Waals surface area contributed by atoms with Crippen LogP contribution in [0.3, 0.4) is 0 Å². The lowest BCUT2D eigenvalue weighted by molar-refractivity contribution is -0.135. The summed E-state index contributed by atoms with van der Waals surface area (Å²) < 4.78 is 28.7.